The topological polar surface area (TPSA) is 31.5 Å². The molecule has 1 heteroatoms. The second kappa shape index (κ2) is 14.2. The van der Waals surface area contributed by atoms with Gasteiger partial charge < -0.3 is 5.48 Å². The highest BCUT2D eigenvalue weighted by atomic mass is 16.0. The summed E-state index contributed by atoms with van der Waals surface area (Å²) in [6.45, 7) is 5.99. The van der Waals surface area contributed by atoms with Gasteiger partial charge in [-0.2, -0.15) is 0 Å². The Kier molecular flexibility index (Phi) is 16.6. The number of rotatable bonds is 9. The van der Waals surface area contributed by atoms with Gasteiger partial charge in [-0.1, -0.05) is 57.9 Å². The van der Waals surface area contributed by atoms with Gasteiger partial charge in [0, 0.05) is 0 Å². The Labute approximate surface area is 83.5 Å². The van der Waals surface area contributed by atoms with Gasteiger partial charge >= 0.3 is 0 Å². The molecular weight excluding hydrogens is 160 g/mol. The third-order valence-corrected chi connectivity index (χ3v) is 2.26. The van der Waals surface area contributed by atoms with Gasteiger partial charge in [0.1, 0.15) is 0 Å². The van der Waals surface area contributed by atoms with Gasteiger partial charge in [-0.05, 0) is 12.8 Å². The highest BCUT2D eigenvalue weighted by molar-refractivity contribution is 4.65. The van der Waals surface area contributed by atoms with Crippen LogP contribution in [0.2, 0.25) is 0 Å². The van der Waals surface area contributed by atoms with Crippen LogP contribution in [0.5, 0.6) is 0 Å². The molecule has 0 fully saturated rings. The Morgan fingerprint density at radius 3 is 1.77 bits per heavy atom. The summed E-state index contributed by atoms with van der Waals surface area (Å²) >= 11 is 0. The predicted molar refractivity (Wildman–Crippen MR) is 61.0 cm³/mol. The van der Waals surface area contributed by atoms with Gasteiger partial charge in [-0.3, -0.25) is 0 Å². The van der Waals surface area contributed by atoms with E-state index in [1.807, 2.05) is 6.08 Å². The normalized spacial score (nSPS) is 9.31. The molecule has 0 spiro atoms. The SMILES string of the molecule is C=CCCCCCCCCCC.O. The molecule has 0 unspecified atom stereocenters. The molecule has 0 saturated carbocycles. The van der Waals surface area contributed by atoms with E-state index in [2.05, 4.69) is 13.5 Å². The van der Waals surface area contributed by atoms with Crippen molar-refractivity contribution in [3.05, 3.63) is 12.7 Å². The predicted octanol–water partition coefficient (Wildman–Crippen LogP) is 3.88. The molecular formula is C12H26O. The standard InChI is InChI=1S/C12H24.H2O/c1-3-5-7-9-11-12-10-8-6-4-2;/h3H,1,4-12H2,2H3;1H2. The van der Waals surface area contributed by atoms with Gasteiger partial charge in [0.15, 0.2) is 0 Å². The summed E-state index contributed by atoms with van der Waals surface area (Å²) in [4.78, 5) is 0. The van der Waals surface area contributed by atoms with Crippen molar-refractivity contribution in [2.75, 3.05) is 0 Å². The van der Waals surface area contributed by atoms with E-state index in [1.165, 1.54) is 57.8 Å². The van der Waals surface area contributed by atoms with Crippen LogP contribution in [-0.2, 0) is 0 Å². The van der Waals surface area contributed by atoms with Crippen LogP contribution in [0.1, 0.15) is 64.7 Å². The highest BCUT2D eigenvalue weighted by Crippen LogP contribution is 2.09. The smallest absolute Gasteiger partial charge is 0.0353 e. The van der Waals surface area contributed by atoms with Gasteiger partial charge in [-0.25, -0.2) is 0 Å². The first-order valence-corrected chi connectivity index (χ1v) is 5.52. The van der Waals surface area contributed by atoms with E-state index in [4.69, 9.17) is 0 Å². The van der Waals surface area contributed by atoms with Crippen LogP contribution in [0.4, 0.5) is 0 Å². The molecule has 13 heavy (non-hydrogen) atoms. The summed E-state index contributed by atoms with van der Waals surface area (Å²) < 4.78 is 0. The van der Waals surface area contributed by atoms with Crippen LogP contribution in [0.25, 0.3) is 0 Å². The first-order valence-electron chi connectivity index (χ1n) is 5.52. The zero-order chi connectivity index (χ0) is 9.07. The second-order valence-corrected chi connectivity index (χ2v) is 3.55. The lowest BCUT2D eigenvalue weighted by Gasteiger charge is -1.99. The zero-order valence-electron chi connectivity index (χ0n) is 9.15. The minimum atomic E-state index is 0. The molecule has 80 valence electrons. The third kappa shape index (κ3) is 14.5. The Morgan fingerprint density at radius 1 is 0.846 bits per heavy atom. The van der Waals surface area contributed by atoms with E-state index in [1.54, 1.807) is 0 Å². The van der Waals surface area contributed by atoms with Crippen molar-refractivity contribution in [3.8, 4) is 0 Å². The molecule has 0 aliphatic heterocycles. The Hall–Kier alpha value is -0.300. The number of hydrogen-bond acceptors (Lipinski definition) is 0. The van der Waals surface area contributed by atoms with E-state index < -0.39 is 0 Å². The Morgan fingerprint density at radius 2 is 1.31 bits per heavy atom. The van der Waals surface area contributed by atoms with Gasteiger partial charge in [0.2, 0.25) is 0 Å². The lowest BCUT2D eigenvalue weighted by atomic mass is 10.1. The zero-order valence-corrected chi connectivity index (χ0v) is 9.15. The molecule has 0 saturated heterocycles. The molecule has 0 radical (unpaired) electrons. The lowest BCUT2D eigenvalue weighted by molar-refractivity contribution is 0.578. The molecule has 0 atom stereocenters. The maximum absolute atomic E-state index is 3.72. The van der Waals surface area contributed by atoms with Crippen LogP contribution in [-0.4, -0.2) is 5.48 Å². The van der Waals surface area contributed by atoms with E-state index >= 15 is 0 Å². The Bertz CT molecular complexity index is 89.1. The molecule has 1 nitrogen and oxygen atoms in total. The quantitative estimate of drug-likeness (QED) is 0.386. The maximum Gasteiger partial charge on any atom is -0.0353 e. The van der Waals surface area contributed by atoms with Crippen LogP contribution >= 0.6 is 0 Å². The first kappa shape index (κ1) is 15.2. The monoisotopic (exact) mass is 186 g/mol. The van der Waals surface area contributed by atoms with Gasteiger partial charge in [0.25, 0.3) is 0 Å². The molecule has 0 aromatic rings. The van der Waals surface area contributed by atoms with Crippen LogP contribution in [0, 0.1) is 0 Å². The van der Waals surface area contributed by atoms with Crippen molar-refractivity contribution < 1.29 is 5.48 Å². The first-order chi connectivity index (χ1) is 5.91. The molecule has 0 bridgehead atoms. The van der Waals surface area contributed by atoms with Crippen molar-refractivity contribution in [1.82, 2.24) is 0 Å². The van der Waals surface area contributed by atoms with Crippen molar-refractivity contribution >= 4 is 0 Å². The second-order valence-electron chi connectivity index (χ2n) is 3.55. The van der Waals surface area contributed by atoms with Crippen LogP contribution in [0.3, 0.4) is 0 Å². The molecule has 0 rings (SSSR count). The molecule has 2 N–H and O–H groups in total. The van der Waals surface area contributed by atoms with Gasteiger partial charge in [-0.15, -0.1) is 6.58 Å². The van der Waals surface area contributed by atoms with E-state index in [0.717, 1.165) is 0 Å². The third-order valence-electron chi connectivity index (χ3n) is 2.26. The summed E-state index contributed by atoms with van der Waals surface area (Å²) in [6.07, 6.45) is 14.5. The molecule has 0 aliphatic carbocycles. The molecule has 0 aliphatic rings. The summed E-state index contributed by atoms with van der Waals surface area (Å²) in [5.41, 5.74) is 0. The molecule has 0 aromatic carbocycles. The van der Waals surface area contributed by atoms with Gasteiger partial charge in [0.05, 0.1) is 0 Å². The average Bonchev–Trinajstić information content (AvgIpc) is 2.10. The highest BCUT2D eigenvalue weighted by Gasteiger charge is 1.89. The fraction of sp³-hybridized carbons (Fsp3) is 0.833. The molecule has 0 aromatic heterocycles. The van der Waals surface area contributed by atoms with Crippen LogP contribution < -0.4 is 0 Å². The number of unbranched alkanes of at least 4 members (excludes halogenated alkanes) is 8. The van der Waals surface area contributed by atoms with Crippen molar-refractivity contribution in [1.29, 1.82) is 0 Å². The van der Waals surface area contributed by atoms with Crippen molar-refractivity contribution in [2.45, 2.75) is 64.7 Å². The minimum absolute atomic E-state index is 0. The van der Waals surface area contributed by atoms with E-state index in [-0.39, 0.29) is 5.48 Å². The van der Waals surface area contributed by atoms with Crippen molar-refractivity contribution in [3.63, 3.8) is 0 Å². The summed E-state index contributed by atoms with van der Waals surface area (Å²) in [5.74, 6) is 0. The number of allylic oxidation sites excluding steroid dienone is 1. The minimum Gasteiger partial charge on any atom is -0.412 e. The Balaban J connectivity index is 0. The fourth-order valence-electron chi connectivity index (χ4n) is 1.42. The average molecular weight is 186 g/mol. The van der Waals surface area contributed by atoms with E-state index in [9.17, 15) is 0 Å². The fourth-order valence-corrected chi connectivity index (χ4v) is 1.42. The molecule has 0 amide bonds. The summed E-state index contributed by atoms with van der Waals surface area (Å²) in [7, 11) is 0. The molecule has 0 heterocycles. The largest absolute Gasteiger partial charge is 0.412 e. The summed E-state index contributed by atoms with van der Waals surface area (Å²) in [5, 5.41) is 0. The lowest BCUT2D eigenvalue weighted by Crippen LogP contribution is -1.79. The van der Waals surface area contributed by atoms with Crippen LogP contribution in [0.15, 0.2) is 12.7 Å². The summed E-state index contributed by atoms with van der Waals surface area (Å²) in [6, 6.07) is 0. The van der Waals surface area contributed by atoms with E-state index in [0.29, 0.717) is 0 Å². The van der Waals surface area contributed by atoms with Crippen molar-refractivity contribution in [2.24, 2.45) is 0 Å². The maximum atomic E-state index is 3.72. The number of hydrogen-bond donors (Lipinski definition) is 0.